The van der Waals surface area contributed by atoms with E-state index in [1.165, 1.54) is 21.9 Å². The molecule has 0 radical (unpaired) electrons. The number of fused-ring (bicyclic) bond motifs is 1. The summed E-state index contributed by atoms with van der Waals surface area (Å²) in [7, 11) is 0. The van der Waals surface area contributed by atoms with Crippen LogP contribution in [0.25, 0.3) is 33.2 Å². The molecule has 0 saturated carbocycles. The highest BCUT2D eigenvalue weighted by Crippen LogP contribution is 2.29. The molecule has 104 valence electrons. The molecule has 0 atom stereocenters. The fourth-order valence-corrected chi connectivity index (χ4v) is 2.73. The molecular formula is C20H14N2. The Morgan fingerprint density at radius 1 is 0.591 bits per heavy atom. The lowest BCUT2D eigenvalue weighted by atomic mass is 9.99. The minimum atomic E-state index is 1.03. The standard InChI is InChI=1S/C20H14N2/c1-2-4-16(5-3-1)20-19-7-6-17(14-18(19)10-13-22-20)15-8-11-21-12-9-15/h1-14H. The number of benzene rings is 2. The summed E-state index contributed by atoms with van der Waals surface area (Å²) in [4.78, 5) is 8.65. The van der Waals surface area contributed by atoms with Crippen LogP contribution in [0.4, 0.5) is 0 Å². The minimum Gasteiger partial charge on any atom is -0.265 e. The maximum absolute atomic E-state index is 4.57. The van der Waals surface area contributed by atoms with E-state index in [-0.39, 0.29) is 0 Å². The molecule has 0 amide bonds. The van der Waals surface area contributed by atoms with Gasteiger partial charge in [0, 0.05) is 29.5 Å². The van der Waals surface area contributed by atoms with Gasteiger partial charge in [-0.05, 0) is 40.8 Å². The van der Waals surface area contributed by atoms with Gasteiger partial charge in [0.05, 0.1) is 5.69 Å². The van der Waals surface area contributed by atoms with Gasteiger partial charge in [-0.2, -0.15) is 0 Å². The van der Waals surface area contributed by atoms with Crippen LogP contribution in [0.2, 0.25) is 0 Å². The van der Waals surface area contributed by atoms with Gasteiger partial charge >= 0.3 is 0 Å². The number of rotatable bonds is 2. The van der Waals surface area contributed by atoms with E-state index in [0.717, 1.165) is 11.3 Å². The van der Waals surface area contributed by atoms with Crippen molar-refractivity contribution in [3.05, 3.63) is 85.3 Å². The quantitative estimate of drug-likeness (QED) is 0.519. The molecule has 0 saturated heterocycles. The summed E-state index contributed by atoms with van der Waals surface area (Å²) in [5, 5.41) is 2.37. The van der Waals surface area contributed by atoms with E-state index in [2.05, 4.69) is 46.4 Å². The summed E-state index contributed by atoms with van der Waals surface area (Å²) in [5.41, 5.74) is 4.54. The molecule has 0 bridgehead atoms. The number of nitrogens with zero attached hydrogens (tertiary/aromatic N) is 2. The highest BCUT2D eigenvalue weighted by Gasteiger charge is 2.06. The molecule has 4 aromatic rings. The van der Waals surface area contributed by atoms with Crippen LogP contribution in [0.1, 0.15) is 0 Å². The first-order valence-electron chi connectivity index (χ1n) is 7.26. The Kier molecular flexibility index (Phi) is 3.13. The van der Waals surface area contributed by atoms with E-state index in [1.807, 2.05) is 48.9 Å². The van der Waals surface area contributed by atoms with Crippen molar-refractivity contribution in [2.24, 2.45) is 0 Å². The van der Waals surface area contributed by atoms with Crippen molar-refractivity contribution in [2.75, 3.05) is 0 Å². The van der Waals surface area contributed by atoms with Gasteiger partial charge in [0.15, 0.2) is 0 Å². The van der Waals surface area contributed by atoms with E-state index in [4.69, 9.17) is 0 Å². The van der Waals surface area contributed by atoms with Crippen molar-refractivity contribution >= 4 is 10.8 Å². The Morgan fingerprint density at radius 3 is 2.23 bits per heavy atom. The molecule has 0 aliphatic heterocycles. The van der Waals surface area contributed by atoms with Crippen molar-refractivity contribution in [3.63, 3.8) is 0 Å². The number of pyridine rings is 2. The summed E-state index contributed by atoms with van der Waals surface area (Å²) in [6.07, 6.45) is 5.52. The Morgan fingerprint density at radius 2 is 1.41 bits per heavy atom. The molecule has 2 heterocycles. The molecule has 0 unspecified atom stereocenters. The maximum Gasteiger partial charge on any atom is 0.0780 e. The molecule has 0 fully saturated rings. The summed E-state index contributed by atoms with van der Waals surface area (Å²) >= 11 is 0. The van der Waals surface area contributed by atoms with Crippen molar-refractivity contribution < 1.29 is 0 Å². The zero-order chi connectivity index (χ0) is 14.8. The first kappa shape index (κ1) is 12.7. The zero-order valence-corrected chi connectivity index (χ0v) is 12.0. The topological polar surface area (TPSA) is 25.8 Å². The second-order valence-electron chi connectivity index (χ2n) is 5.20. The molecule has 0 aliphatic carbocycles. The average Bonchev–Trinajstić information content (AvgIpc) is 2.62. The Balaban J connectivity index is 1.90. The van der Waals surface area contributed by atoms with Crippen LogP contribution in [0, 0.1) is 0 Å². The van der Waals surface area contributed by atoms with Gasteiger partial charge in [-0.1, -0.05) is 42.5 Å². The van der Waals surface area contributed by atoms with Crippen LogP contribution in [-0.4, -0.2) is 9.97 Å². The van der Waals surface area contributed by atoms with Crippen molar-refractivity contribution in [1.82, 2.24) is 9.97 Å². The molecular weight excluding hydrogens is 268 g/mol. The molecule has 2 heteroatoms. The molecule has 2 aromatic carbocycles. The van der Waals surface area contributed by atoms with Crippen molar-refractivity contribution in [2.45, 2.75) is 0 Å². The zero-order valence-electron chi connectivity index (χ0n) is 12.0. The third kappa shape index (κ3) is 2.25. The van der Waals surface area contributed by atoms with Gasteiger partial charge in [0.2, 0.25) is 0 Å². The lowest BCUT2D eigenvalue weighted by molar-refractivity contribution is 1.33. The molecule has 22 heavy (non-hydrogen) atoms. The van der Waals surface area contributed by atoms with Gasteiger partial charge in [-0.25, -0.2) is 0 Å². The van der Waals surface area contributed by atoms with Gasteiger partial charge in [0.1, 0.15) is 0 Å². The third-order valence-corrected chi connectivity index (χ3v) is 3.83. The van der Waals surface area contributed by atoms with Gasteiger partial charge < -0.3 is 0 Å². The number of aromatic nitrogens is 2. The first-order chi connectivity index (χ1) is 10.9. The Bertz CT molecular complexity index is 916. The molecule has 2 nitrogen and oxygen atoms in total. The number of hydrogen-bond donors (Lipinski definition) is 0. The lowest BCUT2D eigenvalue weighted by Crippen LogP contribution is -1.86. The van der Waals surface area contributed by atoms with E-state index >= 15 is 0 Å². The normalized spacial score (nSPS) is 10.7. The third-order valence-electron chi connectivity index (χ3n) is 3.83. The van der Waals surface area contributed by atoms with Crippen molar-refractivity contribution in [3.8, 4) is 22.4 Å². The molecule has 0 N–H and O–H groups in total. The smallest absolute Gasteiger partial charge is 0.0780 e. The second-order valence-corrected chi connectivity index (χ2v) is 5.20. The van der Waals surface area contributed by atoms with Crippen LogP contribution in [0.3, 0.4) is 0 Å². The van der Waals surface area contributed by atoms with Crippen LogP contribution in [0.15, 0.2) is 85.3 Å². The molecule has 0 spiro atoms. The van der Waals surface area contributed by atoms with Gasteiger partial charge in [-0.3, -0.25) is 9.97 Å². The first-order valence-corrected chi connectivity index (χ1v) is 7.26. The largest absolute Gasteiger partial charge is 0.265 e. The van der Waals surface area contributed by atoms with Gasteiger partial charge in [-0.15, -0.1) is 0 Å². The summed E-state index contributed by atoms with van der Waals surface area (Å²) in [6.45, 7) is 0. The summed E-state index contributed by atoms with van der Waals surface area (Å²) in [6, 6.07) is 22.9. The van der Waals surface area contributed by atoms with E-state index in [1.54, 1.807) is 0 Å². The average molecular weight is 282 g/mol. The molecule has 4 rings (SSSR count). The molecule has 2 aromatic heterocycles. The van der Waals surface area contributed by atoms with Crippen LogP contribution < -0.4 is 0 Å². The fourth-order valence-electron chi connectivity index (χ4n) is 2.73. The van der Waals surface area contributed by atoms with E-state index < -0.39 is 0 Å². The fraction of sp³-hybridized carbons (Fsp3) is 0. The molecule has 0 aliphatic rings. The van der Waals surface area contributed by atoms with Crippen LogP contribution in [0.5, 0.6) is 0 Å². The predicted octanol–water partition coefficient (Wildman–Crippen LogP) is 4.96. The predicted molar refractivity (Wildman–Crippen MR) is 90.4 cm³/mol. The maximum atomic E-state index is 4.57. The van der Waals surface area contributed by atoms with Gasteiger partial charge in [0.25, 0.3) is 0 Å². The number of hydrogen-bond acceptors (Lipinski definition) is 2. The van der Waals surface area contributed by atoms with E-state index in [9.17, 15) is 0 Å². The van der Waals surface area contributed by atoms with Crippen LogP contribution in [-0.2, 0) is 0 Å². The monoisotopic (exact) mass is 282 g/mol. The SMILES string of the molecule is c1ccc(-c2nccc3cc(-c4ccncc4)ccc23)cc1. The van der Waals surface area contributed by atoms with E-state index in [0.29, 0.717) is 0 Å². The minimum absolute atomic E-state index is 1.03. The highest BCUT2D eigenvalue weighted by atomic mass is 14.7. The summed E-state index contributed by atoms with van der Waals surface area (Å²) < 4.78 is 0. The Labute approximate surface area is 129 Å². The summed E-state index contributed by atoms with van der Waals surface area (Å²) in [5.74, 6) is 0. The van der Waals surface area contributed by atoms with Crippen molar-refractivity contribution in [1.29, 1.82) is 0 Å². The lowest BCUT2D eigenvalue weighted by Gasteiger charge is -2.08. The van der Waals surface area contributed by atoms with Crippen LogP contribution >= 0.6 is 0 Å². The highest BCUT2D eigenvalue weighted by molar-refractivity contribution is 5.96. The Hall–Kier alpha value is -3.00. The second kappa shape index (κ2) is 5.41.